The zero-order valence-corrected chi connectivity index (χ0v) is 16.2. The standard InChI is InChI=1S/C21H22N2O6/c1-14(24)22-16-9-7-15(8-10-16)21(26)28-13-20(25)23(2)11-17-12-27-18-5-3-4-6-19(18)29-17/h3-10,17H,11-13H2,1-2H3,(H,22,24)/t17-/m1/s1. The average Bonchev–Trinajstić information content (AvgIpc) is 2.71. The number of nitrogens with zero attached hydrogens (tertiary/aromatic N) is 1. The highest BCUT2D eigenvalue weighted by molar-refractivity contribution is 5.93. The Kier molecular flexibility index (Phi) is 6.33. The SMILES string of the molecule is CC(=O)Nc1ccc(C(=O)OCC(=O)N(C)C[C@@H]2COc3ccccc3O2)cc1. The molecule has 1 N–H and O–H groups in total. The average molecular weight is 398 g/mol. The van der Waals surface area contributed by atoms with Gasteiger partial charge in [0.25, 0.3) is 5.91 Å². The van der Waals surface area contributed by atoms with Gasteiger partial charge in [0.1, 0.15) is 6.61 Å². The summed E-state index contributed by atoms with van der Waals surface area (Å²) in [6, 6.07) is 13.6. The van der Waals surface area contributed by atoms with E-state index in [1.165, 1.54) is 24.0 Å². The largest absolute Gasteiger partial charge is 0.486 e. The van der Waals surface area contributed by atoms with E-state index in [0.717, 1.165) is 0 Å². The van der Waals surface area contributed by atoms with Crippen LogP contribution in [-0.2, 0) is 14.3 Å². The molecule has 0 saturated carbocycles. The molecule has 0 aromatic heterocycles. The van der Waals surface area contributed by atoms with Crippen molar-refractivity contribution in [1.29, 1.82) is 0 Å². The van der Waals surface area contributed by atoms with Gasteiger partial charge in [0.2, 0.25) is 5.91 Å². The highest BCUT2D eigenvalue weighted by atomic mass is 16.6. The van der Waals surface area contributed by atoms with Crippen LogP contribution in [0, 0.1) is 0 Å². The number of carbonyl (C=O) groups excluding carboxylic acids is 3. The van der Waals surface area contributed by atoms with Crippen LogP contribution in [0.25, 0.3) is 0 Å². The van der Waals surface area contributed by atoms with Crippen molar-refractivity contribution in [3.63, 3.8) is 0 Å². The van der Waals surface area contributed by atoms with Crippen molar-refractivity contribution >= 4 is 23.5 Å². The Bertz CT molecular complexity index is 896. The normalized spacial score (nSPS) is 14.6. The number of para-hydroxylation sites is 2. The first-order valence-corrected chi connectivity index (χ1v) is 9.09. The molecule has 0 saturated heterocycles. The van der Waals surface area contributed by atoms with Gasteiger partial charge >= 0.3 is 5.97 Å². The molecule has 0 spiro atoms. The number of rotatable bonds is 6. The highest BCUT2D eigenvalue weighted by Crippen LogP contribution is 2.30. The molecule has 152 valence electrons. The lowest BCUT2D eigenvalue weighted by Gasteiger charge is -2.29. The van der Waals surface area contributed by atoms with E-state index in [0.29, 0.717) is 30.3 Å². The first kappa shape index (κ1) is 20.2. The van der Waals surface area contributed by atoms with E-state index in [1.54, 1.807) is 19.2 Å². The third kappa shape index (κ3) is 5.47. The summed E-state index contributed by atoms with van der Waals surface area (Å²) < 4.78 is 16.5. The lowest BCUT2D eigenvalue weighted by Crippen LogP contribution is -2.43. The predicted octanol–water partition coefficient (Wildman–Crippen LogP) is 2.10. The van der Waals surface area contributed by atoms with Crippen LogP contribution in [0.1, 0.15) is 17.3 Å². The van der Waals surface area contributed by atoms with Gasteiger partial charge in [-0.2, -0.15) is 0 Å². The lowest BCUT2D eigenvalue weighted by molar-refractivity contribution is -0.134. The number of carbonyl (C=O) groups is 3. The number of anilines is 1. The van der Waals surface area contributed by atoms with Gasteiger partial charge in [0, 0.05) is 19.7 Å². The zero-order chi connectivity index (χ0) is 20.8. The van der Waals surface area contributed by atoms with Crippen molar-refractivity contribution in [3.05, 3.63) is 54.1 Å². The molecule has 29 heavy (non-hydrogen) atoms. The van der Waals surface area contributed by atoms with Crippen molar-refractivity contribution in [2.75, 3.05) is 32.1 Å². The van der Waals surface area contributed by atoms with Crippen molar-refractivity contribution in [2.45, 2.75) is 13.0 Å². The number of hydrogen-bond acceptors (Lipinski definition) is 6. The summed E-state index contributed by atoms with van der Waals surface area (Å²) >= 11 is 0. The quantitative estimate of drug-likeness (QED) is 0.749. The molecule has 0 bridgehead atoms. The molecule has 2 aromatic rings. The Balaban J connectivity index is 1.46. The number of hydrogen-bond donors (Lipinski definition) is 1. The minimum atomic E-state index is -0.618. The van der Waals surface area contributed by atoms with Crippen LogP contribution >= 0.6 is 0 Å². The van der Waals surface area contributed by atoms with Gasteiger partial charge in [-0.25, -0.2) is 4.79 Å². The number of likely N-dealkylation sites (N-methyl/N-ethyl adjacent to an activating group) is 1. The van der Waals surface area contributed by atoms with Crippen LogP contribution in [0.2, 0.25) is 0 Å². The lowest BCUT2D eigenvalue weighted by atomic mass is 10.2. The summed E-state index contributed by atoms with van der Waals surface area (Å²) in [5, 5.41) is 2.61. The molecule has 1 heterocycles. The second kappa shape index (κ2) is 9.09. The summed E-state index contributed by atoms with van der Waals surface area (Å²) in [7, 11) is 1.61. The van der Waals surface area contributed by atoms with E-state index >= 15 is 0 Å². The molecule has 1 aliphatic heterocycles. The fourth-order valence-electron chi connectivity index (χ4n) is 2.77. The topological polar surface area (TPSA) is 94.2 Å². The Morgan fingerprint density at radius 3 is 2.48 bits per heavy atom. The molecule has 3 rings (SSSR count). The van der Waals surface area contributed by atoms with E-state index in [4.69, 9.17) is 14.2 Å². The van der Waals surface area contributed by atoms with E-state index in [-0.39, 0.29) is 30.1 Å². The molecular formula is C21H22N2O6. The maximum absolute atomic E-state index is 12.3. The van der Waals surface area contributed by atoms with Crippen LogP contribution in [0.15, 0.2) is 48.5 Å². The third-order valence-electron chi connectivity index (χ3n) is 4.24. The molecule has 0 fully saturated rings. The molecule has 0 aliphatic carbocycles. The number of nitrogens with one attached hydrogen (secondary N) is 1. The van der Waals surface area contributed by atoms with Crippen molar-refractivity contribution < 1.29 is 28.6 Å². The number of ether oxygens (including phenoxy) is 3. The molecule has 8 heteroatoms. The van der Waals surface area contributed by atoms with Gasteiger partial charge in [-0.1, -0.05) is 12.1 Å². The van der Waals surface area contributed by atoms with Gasteiger partial charge < -0.3 is 24.4 Å². The maximum Gasteiger partial charge on any atom is 0.338 e. The fourth-order valence-corrected chi connectivity index (χ4v) is 2.77. The zero-order valence-electron chi connectivity index (χ0n) is 16.2. The number of fused-ring (bicyclic) bond motifs is 1. The fraction of sp³-hybridized carbons (Fsp3) is 0.286. The Hall–Kier alpha value is -3.55. The smallest absolute Gasteiger partial charge is 0.338 e. The highest BCUT2D eigenvalue weighted by Gasteiger charge is 2.24. The van der Waals surface area contributed by atoms with Gasteiger partial charge in [-0.3, -0.25) is 9.59 Å². The van der Waals surface area contributed by atoms with E-state index in [2.05, 4.69) is 5.32 Å². The number of benzene rings is 2. The third-order valence-corrected chi connectivity index (χ3v) is 4.24. The maximum atomic E-state index is 12.3. The predicted molar refractivity (Wildman–Crippen MR) is 105 cm³/mol. The summed E-state index contributed by atoms with van der Waals surface area (Å²) in [6.45, 7) is 1.64. The van der Waals surface area contributed by atoms with Gasteiger partial charge in [0.05, 0.1) is 12.1 Å². The van der Waals surface area contributed by atoms with Crippen LogP contribution in [-0.4, -0.2) is 55.6 Å². The van der Waals surface area contributed by atoms with E-state index < -0.39 is 5.97 Å². The minimum Gasteiger partial charge on any atom is -0.486 e. The van der Waals surface area contributed by atoms with Crippen LogP contribution < -0.4 is 14.8 Å². The Morgan fingerprint density at radius 2 is 1.79 bits per heavy atom. The van der Waals surface area contributed by atoms with Crippen LogP contribution in [0.4, 0.5) is 5.69 Å². The second-order valence-corrected chi connectivity index (χ2v) is 6.61. The molecule has 2 amide bonds. The number of amides is 2. The summed E-state index contributed by atoms with van der Waals surface area (Å²) in [6.07, 6.45) is -0.309. The molecule has 0 unspecified atom stereocenters. The Morgan fingerprint density at radius 1 is 1.10 bits per heavy atom. The summed E-state index contributed by atoms with van der Waals surface area (Å²) in [5.74, 6) is 0.141. The molecule has 2 aromatic carbocycles. The van der Waals surface area contributed by atoms with E-state index in [9.17, 15) is 14.4 Å². The first-order chi connectivity index (χ1) is 13.9. The molecule has 1 aliphatic rings. The van der Waals surface area contributed by atoms with Crippen molar-refractivity contribution in [1.82, 2.24) is 4.90 Å². The second-order valence-electron chi connectivity index (χ2n) is 6.61. The molecule has 8 nitrogen and oxygen atoms in total. The van der Waals surface area contributed by atoms with Gasteiger partial charge in [-0.15, -0.1) is 0 Å². The first-order valence-electron chi connectivity index (χ1n) is 9.09. The van der Waals surface area contributed by atoms with E-state index in [1.807, 2.05) is 24.3 Å². The Labute approximate surface area is 168 Å². The molecule has 0 radical (unpaired) electrons. The monoisotopic (exact) mass is 398 g/mol. The van der Waals surface area contributed by atoms with Crippen LogP contribution in [0.3, 0.4) is 0 Å². The molecule has 1 atom stereocenters. The van der Waals surface area contributed by atoms with Crippen molar-refractivity contribution in [3.8, 4) is 11.5 Å². The molecular weight excluding hydrogens is 376 g/mol. The summed E-state index contributed by atoms with van der Waals surface area (Å²) in [4.78, 5) is 36.8. The number of esters is 1. The van der Waals surface area contributed by atoms with Gasteiger partial charge in [-0.05, 0) is 36.4 Å². The van der Waals surface area contributed by atoms with Crippen LogP contribution in [0.5, 0.6) is 11.5 Å². The van der Waals surface area contributed by atoms with Crippen molar-refractivity contribution in [2.24, 2.45) is 0 Å². The van der Waals surface area contributed by atoms with Gasteiger partial charge in [0.15, 0.2) is 24.2 Å². The minimum absolute atomic E-state index is 0.204. The summed E-state index contributed by atoms with van der Waals surface area (Å²) in [5.41, 5.74) is 0.858.